The maximum Gasteiger partial charge on any atom is 0.161 e. The molecule has 0 N–H and O–H groups in total. The first-order chi connectivity index (χ1) is 9.33. The van der Waals surface area contributed by atoms with Gasteiger partial charge in [-0.1, -0.05) is 41.9 Å². The third-order valence-electron chi connectivity index (χ3n) is 2.81. The summed E-state index contributed by atoms with van der Waals surface area (Å²) in [6, 6.07) is 17.6. The van der Waals surface area contributed by atoms with Gasteiger partial charge < -0.3 is 0 Å². The molecule has 4 nitrogen and oxygen atoms in total. The Morgan fingerprint density at radius 2 is 1.68 bits per heavy atom. The van der Waals surface area contributed by atoms with Gasteiger partial charge in [-0.3, -0.25) is 0 Å². The third-order valence-corrected chi connectivity index (χ3v) is 3.06. The van der Waals surface area contributed by atoms with Gasteiger partial charge >= 0.3 is 0 Å². The highest BCUT2D eigenvalue weighted by Gasteiger charge is 2.08. The zero-order chi connectivity index (χ0) is 13.1. The maximum atomic E-state index is 5.88. The van der Waals surface area contributed by atoms with Gasteiger partial charge in [-0.05, 0) is 40.3 Å². The zero-order valence-electron chi connectivity index (χ0n) is 10.1. The molecule has 0 bridgehead atoms. The van der Waals surface area contributed by atoms with Crippen LogP contribution in [0.5, 0.6) is 0 Å². The lowest BCUT2D eigenvalue weighted by atomic mass is 10.1. The van der Waals surface area contributed by atoms with Crippen LogP contribution in [-0.2, 0) is 6.42 Å². The summed E-state index contributed by atoms with van der Waals surface area (Å²) in [6.07, 6.45) is 0.691. The predicted octanol–water partition coefficient (Wildman–Crippen LogP) is 2.91. The molecule has 0 saturated heterocycles. The highest BCUT2D eigenvalue weighted by molar-refractivity contribution is 6.30. The Bertz CT molecular complexity index is 661. The number of benzene rings is 2. The van der Waals surface area contributed by atoms with Crippen LogP contribution in [-0.4, -0.2) is 20.2 Å². The fourth-order valence-electron chi connectivity index (χ4n) is 1.88. The van der Waals surface area contributed by atoms with Gasteiger partial charge in [0.15, 0.2) is 5.82 Å². The van der Waals surface area contributed by atoms with Crippen molar-refractivity contribution in [2.75, 3.05) is 0 Å². The number of aromatic nitrogens is 4. The molecule has 0 aliphatic carbocycles. The van der Waals surface area contributed by atoms with Crippen LogP contribution in [0.2, 0.25) is 5.02 Å². The van der Waals surface area contributed by atoms with Gasteiger partial charge in [-0.15, -0.1) is 5.10 Å². The normalized spacial score (nSPS) is 10.6. The molecule has 5 heteroatoms. The number of halogens is 1. The average molecular weight is 271 g/mol. The summed E-state index contributed by atoms with van der Waals surface area (Å²) in [5, 5.41) is 12.5. The molecule has 0 saturated carbocycles. The molecule has 3 aromatic rings. The molecule has 0 atom stereocenters. The van der Waals surface area contributed by atoms with Crippen LogP contribution in [0, 0.1) is 0 Å². The second-order valence-electron chi connectivity index (χ2n) is 4.15. The first-order valence-electron chi connectivity index (χ1n) is 5.90. The number of nitrogens with zero attached hydrogens (tertiary/aromatic N) is 4. The summed E-state index contributed by atoms with van der Waals surface area (Å²) in [5.74, 6) is 0.800. The molecule has 0 fully saturated rings. The molecule has 94 valence electrons. The zero-order valence-corrected chi connectivity index (χ0v) is 10.8. The van der Waals surface area contributed by atoms with Gasteiger partial charge in [0.1, 0.15) is 0 Å². The van der Waals surface area contributed by atoms with Crippen LogP contribution in [0.25, 0.3) is 5.69 Å². The van der Waals surface area contributed by atoms with Gasteiger partial charge in [-0.2, -0.15) is 4.68 Å². The monoisotopic (exact) mass is 270 g/mol. The van der Waals surface area contributed by atoms with Gasteiger partial charge in [0.2, 0.25) is 0 Å². The van der Waals surface area contributed by atoms with Crippen molar-refractivity contribution in [3.63, 3.8) is 0 Å². The highest BCUT2D eigenvalue weighted by Crippen LogP contribution is 2.15. The number of rotatable bonds is 3. The molecular formula is C14H11ClN4. The van der Waals surface area contributed by atoms with Crippen molar-refractivity contribution in [3.05, 3.63) is 71.0 Å². The summed E-state index contributed by atoms with van der Waals surface area (Å²) in [7, 11) is 0. The molecule has 0 radical (unpaired) electrons. The lowest BCUT2D eigenvalue weighted by molar-refractivity contribution is 0.771. The minimum absolute atomic E-state index is 0.691. The molecular weight excluding hydrogens is 260 g/mol. The molecule has 3 rings (SSSR count). The second kappa shape index (κ2) is 5.20. The molecule has 0 spiro atoms. The molecule has 2 aromatic carbocycles. The van der Waals surface area contributed by atoms with Crippen LogP contribution >= 0.6 is 11.6 Å². The molecule has 19 heavy (non-hydrogen) atoms. The molecule has 1 heterocycles. The minimum atomic E-state index is 0.691. The summed E-state index contributed by atoms with van der Waals surface area (Å²) in [4.78, 5) is 0. The van der Waals surface area contributed by atoms with E-state index in [0.717, 1.165) is 11.5 Å². The summed E-state index contributed by atoms with van der Waals surface area (Å²) in [5.41, 5.74) is 2.08. The van der Waals surface area contributed by atoms with E-state index in [2.05, 4.69) is 27.7 Å². The van der Waals surface area contributed by atoms with E-state index in [1.54, 1.807) is 4.68 Å². The summed E-state index contributed by atoms with van der Waals surface area (Å²) >= 11 is 5.88. The topological polar surface area (TPSA) is 43.6 Å². The van der Waals surface area contributed by atoms with E-state index in [4.69, 9.17) is 11.6 Å². The van der Waals surface area contributed by atoms with Gasteiger partial charge in [0, 0.05) is 11.4 Å². The molecule has 0 aliphatic rings. The van der Waals surface area contributed by atoms with Crippen molar-refractivity contribution in [1.29, 1.82) is 0 Å². The second-order valence-corrected chi connectivity index (χ2v) is 4.58. The van der Waals surface area contributed by atoms with Crippen LogP contribution in [0.15, 0.2) is 54.6 Å². The van der Waals surface area contributed by atoms with Gasteiger partial charge in [0.25, 0.3) is 0 Å². The molecule has 0 unspecified atom stereocenters. The Morgan fingerprint density at radius 3 is 2.42 bits per heavy atom. The van der Waals surface area contributed by atoms with Crippen LogP contribution in [0.4, 0.5) is 0 Å². The Hall–Kier alpha value is -2.20. The number of hydrogen-bond donors (Lipinski definition) is 0. The van der Waals surface area contributed by atoms with Crippen molar-refractivity contribution >= 4 is 11.6 Å². The third kappa shape index (κ3) is 2.63. The van der Waals surface area contributed by atoms with Crippen LogP contribution in [0.3, 0.4) is 0 Å². The maximum absolute atomic E-state index is 5.88. The van der Waals surface area contributed by atoms with Gasteiger partial charge in [0.05, 0.1) is 5.69 Å². The summed E-state index contributed by atoms with van der Waals surface area (Å²) < 4.78 is 1.73. The van der Waals surface area contributed by atoms with E-state index in [1.165, 1.54) is 5.56 Å². The van der Waals surface area contributed by atoms with E-state index in [1.807, 2.05) is 42.5 Å². The van der Waals surface area contributed by atoms with E-state index in [0.29, 0.717) is 11.4 Å². The molecule has 0 amide bonds. The number of hydrogen-bond acceptors (Lipinski definition) is 3. The summed E-state index contributed by atoms with van der Waals surface area (Å²) in [6.45, 7) is 0. The number of tetrazole rings is 1. The van der Waals surface area contributed by atoms with Crippen molar-refractivity contribution in [2.24, 2.45) is 0 Å². The van der Waals surface area contributed by atoms with Crippen LogP contribution < -0.4 is 0 Å². The fraction of sp³-hybridized carbons (Fsp3) is 0.0714. The highest BCUT2D eigenvalue weighted by atomic mass is 35.5. The van der Waals surface area contributed by atoms with E-state index in [9.17, 15) is 0 Å². The molecule has 1 aromatic heterocycles. The van der Waals surface area contributed by atoms with E-state index >= 15 is 0 Å². The first-order valence-corrected chi connectivity index (χ1v) is 6.28. The Kier molecular flexibility index (Phi) is 3.25. The first kappa shape index (κ1) is 11.9. The predicted molar refractivity (Wildman–Crippen MR) is 73.4 cm³/mol. The Labute approximate surface area is 115 Å². The van der Waals surface area contributed by atoms with Crippen molar-refractivity contribution < 1.29 is 0 Å². The smallest absolute Gasteiger partial charge is 0.161 e. The quantitative estimate of drug-likeness (QED) is 0.735. The van der Waals surface area contributed by atoms with Crippen LogP contribution in [0.1, 0.15) is 11.4 Å². The lowest BCUT2D eigenvalue weighted by Crippen LogP contribution is -2.03. The fourth-order valence-corrected chi connectivity index (χ4v) is 2.00. The Balaban J connectivity index is 1.92. The van der Waals surface area contributed by atoms with Crippen molar-refractivity contribution in [3.8, 4) is 5.69 Å². The van der Waals surface area contributed by atoms with Crippen molar-refractivity contribution in [1.82, 2.24) is 20.2 Å². The van der Waals surface area contributed by atoms with Crippen molar-refractivity contribution in [2.45, 2.75) is 6.42 Å². The standard InChI is InChI=1S/C14H11ClN4/c15-12-6-8-13(9-7-12)19-14(16-17-18-19)10-11-4-2-1-3-5-11/h1-9H,10H2. The average Bonchev–Trinajstić information content (AvgIpc) is 2.89. The largest absolute Gasteiger partial charge is 0.197 e. The minimum Gasteiger partial charge on any atom is -0.197 e. The lowest BCUT2D eigenvalue weighted by Gasteiger charge is -2.04. The van der Waals surface area contributed by atoms with E-state index in [-0.39, 0.29) is 0 Å². The van der Waals surface area contributed by atoms with Gasteiger partial charge in [-0.25, -0.2) is 0 Å². The Morgan fingerprint density at radius 1 is 0.947 bits per heavy atom. The molecule has 0 aliphatic heterocycles. The van der Waals surface area contributed by atoms with E-state index < -0.39 is 0 Å². The SMILES string of the molecule is Clc1ccc(-n2nnnc2Cc2ccccc2)cc1.